The summed E-state index contributed by atoms with van der Waals surface area (Å²) in [6.45, 7) is 6.52. The van der Waals surface area contributed by atoms with Crippen LogP contribution in [0.4, 0.5) is 14.6 Å². The number of halogens is 2. The van der Waals surface area contributed by atoms with Crippen molar-refractivity contribution in [3.63, 3.8) is 0 Å². The molecule has 0 unspecified atom stereocenters. The van der Waals surface area contributed by atoms with Gasteiger partial charge in [-0.3, -0.25) is 0 Å². The van der Waals surface area contributed by atoms with E-state index in [1.54, 1.807) is 4.90 Å². The van der Waals surface area contributed by atoms with Gasteiger partial charge in [-0.25, -0.2) is 23.4 Å². The van der Waals surface area contributed by atoms with Gasteiger partial charge in [-0.05, 0) is 29.3 Å². The molecule has 2 aliphatic rings. The Labute approximate surface area is 166 Å². The number of hydrogen-bond donors (Lipinski definition) is 0. The fourth-order valence-electron chi connectivity index (χ4n) is 3.74. The molecule has 1 aliphatic carbocycles. The summed E-state index contributed by atoms with van der Waals surface area (Å²) in [6, 6.07) is 2.28. The lowest BCUT2D eigenvalue weighted by Crippen LogP contribution is -2.27. The first kappa shape index (κ1) is 18.4. The molecule has 0 radical (unpaired) electrons. The molecule has 1 aliphatic heterocycles. The first-order chi connectivity index (χ1) is 13.7. The summed E-state index contributed by atoms with van der Waals surface area (Å²) in [5, 5.41) is 12.9. The normalized spacial score (nSPS) is 19.4. The molecule has 5 rings (SSSR count). The molecule has 4 heterocycles. The third-order valence-corrected chi connectivity index (χ3v) is 5.50. The van der Waals surface area contributed by atoms with Crippen LogP contribution in [0.2, 0.25) is 0 Å². The molecular formula is C19H24F2N8. The minimum absolute atomic E-state index is 0.153. The average Bonchev–Trinajstić information content (AvgIpc) is 3.07. The van der Waals surface area contributed by atoms with Crippen molar-refractivity contribution in [3.05, 3.63) is 23.9 Å². The second-order valence-corrected chi connectivity index (χ2v) is 9.10. The molecule has 1 saturated carbocycles. The molecule has 3 aromatic rings. The van der Waals surface area contributed by atoms with E-state index in [0.717, 1.165) is 29.7 Å². The second kappa shape index (κ2) is 6.17. The summed E-state index contributed by atoms with van der Waals surface area (Å²) in [4.78, 5) is 11.2. The highest BCUT2D eigenvalue weighted by Gasteiger charge is 2.40. The van der Waals surface area contributed by atoms with E-state index in [2.05, 4.69) is 15.5 Å². The van der Waals surface area contributed by atoms with Crippen molar-refractivity contribution in [2.45, 2.75) is 64.0 Å². The van der Waals surface area contributed by atoms with E-state index in [1.165, 1.54) is 0 Å². The Balaban J connectivity index is 1.59. The van der Waals surface area contributed by atoms with Gasteiger partial charge in [0.15, 0.2) is 5.82 Å². The number of rotatable bonds is 4. The first-order valence-electron chi connectivity index (χ1n) is 9.98. The Hall–Kier alpha value is -2.65. The number of fused-ring (bicyclic) bond motifs is 1. The van der Waals surface area contributed by atoms with Gasteiger partial charge in [-0.15, -0.1) is 5.10 Å². The monoisotopic (exact) mass is 402 g/mol. The number of nitrogens with zero attached hydrogens (tertiary/aromatic N) is 8. The van der Waals surface area contributed by atoms with E-state index in [4.69, 9.17) is 9.97 Å². The van der Waals surface area contributed by atoms with Crippen molar-refractivity contribution in [1.82, 2.24) is 34.7 Å². The highest BCUT2D eigenvalue weighted by atomic mass is 19.3. The Morgan fingerprint density at radius 1 is 1.21 bits per heavy atom. The van der Waals surface area contributed by atoms with Gasteiger partial charge < -0.3 is 9.47 Å². The Morgan fingerprint density at radius 2 is 2.00 bits per heavy atom. The molecule has 2 fully saturated rings. The van der Waals surface area contributed by atoms with E-state index >= 15 is 0 Å². The molecule has 0 amide bonds. The van der Waals surface area contributed by atoms with Crippen molar-refractivity contribution in [2.24, 2.45) is 0 Å². The molecule has 0 bridgehead atoms. The largest absolute Gasteiger partial charge is 0.350 e. The van der Waals surface area contributed by atoms with E-state index in [1.807, 2.05) is 42.3 Å². The minimum atomic E-state index is -2.69. The lowest BCUT2D eigenvalue weighted by atomic mass is 9.95. The lowest BCUT2D eigenvalue weighted by molar-refractivity contribution is 0.0257. The van der Waals surface area contributed by atoms with Crippen molar-refractivity contribution < 1.29 is 8.78 Å². The van der Waals surface area contributed by atoms with E-state index < -0.39 is 5.92 Å². The summed E-state index contributed by atoms with van der Waals surface area (Å²) in [7, 11) is 0. The van der Waals surface area contributed by atoms with Crippen LogP contribution >= 0.6 is 0 Å². The molecule has 10 heteroatoms. The standard InChI is InChI=1S/C19H24F2N8/c1-18(2,3)17-22-15-13(16(23-17)28-9-7-19(20,21)11-28)6-8-27(15)10-14-24-25-26-29(14)12-4-5-12/h6,8,12H,4-5,7,9-11H2,1-3H3. The van der Waals surface area contributed by atoms with Crippen LogP contribution in [0.25, 0.3) is 11.0 Å². The maximum Gasteiger partial charge on any atom is 0.266 e. The summed E-state index contributed by atoms with van der Waals surface area (Å²) in [6.07, 6.45) is 3.94. The zero-order chi connectivity index (χ0) is 20.4. The molecule has 0 atom stereocenters. The van der Waals surface area contributed by atoms with Crippen LogP contribution in [0.15, 0.2) is 12.3 Å². The van der Waals surface area contributed by atoms with Crippen LogP contribution in [-0.2, 0) is 12.0 Å². The predicted molar refractivity (Wildman–Crippen MR) is 103 cm³/mol. The van der Waals surface area contributed by atoms with Crippen molar-refractivity contribution >= 4 is 16.9 Å². The van der Waals surface area contributed by atoms with Gasteiger partial charge in [-0.2, -0.15) is 0 Å². The van der Waals surface area contributed by atoms with Gasteiger partial charge in [0, 0.05) is 24.6 Å². The number of anilines is 1. The zero-order valence-electron chi connectivity index (χ0n) is 16.8. The topological polar surface area (TPSA) is 77.5 Å². The fraction of sp³-hybridized carbons (Fsp3) is 0.632. The molecule has 8 nitrogen and oxygen atoms in total. The van der Waals surface area contributed by atoms with Gasteiger partial charge in [0.2, 0.25) is 0 Å². The van der Waals surface area contributed by atoms with E-state index in [0.29, 0.717) is 24.2 Å². The van der Waals surface area contributed by atoms with Crippen LogP contribution in [0.3, 0.4) is 0 Å². The van der Waals surface area contributed by atoms with Gasteiger partial charge in [0.1, 0.15) is 17.3 Å². The fourth-order valence-corrected chi connectivity index (χ4v) is 3.74. The summed E-state index contributed by atoms with van der Waals surface area (Å²) < 4.78 is 31.6. The second-order valence-electron chi connectivity index (χ2n) is 9.10. The summed E-state index contributed by atoms with van der Waals surface area (Å²) in [5.41, 5.74) is 0.413. The zero-order valence-corrected chi connectivity index (χ0v) is 16.8. The predicted octanol–water partition coefficient (Wildman–Crippen LogP) is 2.94. The van der Waals surface area contributed by atoms with Crippen molar-refractivity contribution in [2.75, 3.05) is 18.0 Å². The van der Waals surface area contributed by atoms with Crippen LogP contribution in [0.5, 0.6) is 0 Å². The Bertz CT molecular complexity index is 1060. The van der Waals surface area contributed by atoms with Crippen LogP contribution in [0, 0.1) is 0 Å². The third-order valence-electron chi connectivity index (χ3n) is 5.50. The van der Waals surface area contributed by atoms with Crippen LogP contribution in [-0.4, -0.2) is 53.8 Å². The van der Waals surface area contributed by atoms with Gasteiger partial charge in [0.25, 0.3) is 5.92 Å². The Morgan fingerprint density at radius 3 is 2.66 bits per heavy atom. The molecule has 1 saturated heterocycles. The highest BCUT2D eigenvalue weighted by molar-refractivity contribution is 5.88. The summed E-state index contributed by atoms with van der Waals surface area (Å²) >= 11 is 0. The van der Waals surface area contributed by atoms with Gasteiger partial charge >= 0.3 is 0 Å². The molecule has 3 aromatic heterocycles. The van der Waals surface area contributed by atoms with E-state index in [9.17, 15) is 8.78 Å². The number of aromatic nitrogens is 7. The maximum atomic E-state index is 13.9. The number of tetrazole rings is 1. The maximum absolute atomic E-state index is 13.9. The minimum Gasteiger partial charge on any atom is -0.350 e. The lowest BCUT2D eigenvalue weighted by Gasteiger charge is -2.23. The average molecular weight is 402 g/mol. The van der Waals surface area contributed by atoms with Crippen LogP contribution < -0.4 is 4.90 Å². The van der Waals surface area contributed by atoms with E-state index in [-0.39, 0.29) is 24.9 Å². The smallest absolute Gasteiger partial charge is 0.266 e. The third kappa shape index (κ3) is 3.34. The van der Waals surface area contributed by atoms with Gasteiger partial charge in [0.05, 0.1) is 24.5 Å². The van der Waals surface area contributed by atoms with Crippen LogP contribution in [0.1, 0.15) is 57.7 Å². The molecule has 154 valence electrons. The van der Waals surface area contributed by atoms with Crippen molar-refractivity contribution in [3.8, 4) is 0 Å². The molecule has 0 aromatic carbocycles. The molecule has 0 N–H and O–H groups in total. The highest BCUT2D eigenvalue weighted by Crippen LogP contribution is 2.36. The van der Waals surface area contributed by atoms with Gasteiger partial charge in [-0.1, -0.05) is 20.8 Å². The van der Waals surface area contributed by atoms with Crippen molar-refractivity contribution in [1.29, 1.82) is 0 Å². The summed E-state index contributed by atoms with van der Waals surface area (Å²) in [5.74, 6) is -0.696. The number of hydrogen-bond acceptors (Lipinski definition) is 6. The number of alkyl halides is 2. The molecule has 0 spiro atoms. The molecular weight excluding hydrogens is 378 g/mol. The SMILES string of the molecule is CC(C)(C)c1nc(N2CCC(F)(F)C2)c2ccn(Cc3nnnn3C3CC3)c2n1. The Kier molecular flexibility index (Phi) is 3.91. The first-order valence-corrected chi connectivity index (χ1v) is 9.98. The quantitative estimate of drug-likeness (QED) is 0.668. The molecule has 29 heavy (non-hydrogen) atoms.